The topological polar surface area (TPSA) is 73.3 Å². The summed E-state index contributed by atoms with van der Waals surface area (Å²) in [6, 6.07) is 5.15. The minimum absolute atomic E-state index is 0.297. The molecule has 1 N–H and O–H groups in total. The average molecular weight is 321 g/mol. The second-order valence-electron chi connectivity index (χ2n) is 4.60. The van der Waals surface area contributed by atoms with Gasteiger partial charge in [-0.15, -0.1) is 10.2 Å². The van der Waals surface area contributed by atoms with Crippen LogP contribution in [0.4, 0.5) is 5.13 Å². The molecule has 6 nitrogen and oxygen atoms in total. The molecule has 0 aliphatic heterocycles. The molecule has 0 aliphatic carbocycles. The van der Waals surface area contributed by atoms with E-state index in [0.717, 1.165) is 24.3 Å². The van der Waals surface area contributed by atoms with Crippen LogP contribution in [0.15, 0.2) is 18.2 Å². The Hall–Kier alpha value is -2.15. The van der Waals surface area contributed by atoms with Crippen LogP contribution in [0.5, 0.6) is 11.5 Å². The van der Waals surface area contributed by atoms with E-state index in [9.17, 15) is 4.79 Å². The van der Waals surface area contributed by atoms with Crippen molar-refractivity contribution in [2.45, 2.75) is 26.2 Å². The number of amides is 1. The molecule has 0 aliphatic rings. The van der Waals surface area contributed by atoms with Gasteiger partial charge in [0.25, 0.3) is 5.91 Å². The van der Waals surface area contributed by atoms with Crippen molar-refractivity contribution >= 4 is 22.4 Å². The summed E-state index contributed by atoms with van der Waals surface area (Å²) in [4.78, 5) is 12.4. The van der Waals surface area contributed by atoms with Gasteiger partial charge in [-0.2, -0.15) is 0 Å². The Morgan fingerprint density at radius 3 is 2.77 bits per heavy atom. The number of para-hydroxylation sites is 1. The van der Waals surface area contributed by atoms with Crippen LogP contribution in [0.25, 0.3) is 0 Å². The molecule has 0 bridgehead atoms. The summed E-state index contributed by atoms with van der Waals surface area (Å²) < 4.78 is 10.5. The second kappa shape index (κ2) is 7.74. The van der Waals surface area contributed by atoms with Crippen LogP contribution < -0.4 is 14.8 Å². The lowest BCUT2D eigenvalue weighted by atomic mass is 10.1. The van der Waals surface area contributed by atoms with Crippen LogP contribution in [0, 0.1) is 0 Å². The largest absolute Gasteiger partial charge is 0.493 e. The van der Waals surface area contributed by atoms with Crippen molar-refractivity contribution in [3.8, 4) is 11.5 Å². The van der Waals surface area contributed by atoms with E-state index in [1.54, 1.807) is 18.2 Å². The number of rotatable bonds is 7. The number of carbonyl (C=O) groups excluding carboxylic acids is 1. The van der Waals surface area contributed by atoms with E-state index in [1.807, 2.05) is 0 Å². The molecule has 1 heterocycles. The number of hydrogen-bond acceptors (Lipinski definition) is 6. The first-order valence-corrected chi connectivity index (χ1v) is 7.86. The van der Waals surface area contributed by atoms with Crippen LogP contribution in [-0.4, -0.2) is 30.3 Å². The number of benzene rings is 1. The third-order valence-electron chi connectivity index (χ3n) is 3.08. The van der Waals surface area contributed by atoms with Gasteiger partial charge in [-0.05, 0) is 18.6 Å². The van der Waals surface area contributed by atoms with Gasteiger partial charge in [-0.3, -0.25) is 10.1 Å². The van der Waals surface area contributed by atoms with E-state index < -0.39 is 0 Å². The Bertz CT molecular complexity index is 643. The van der Waals surface area contributed by atoms with Crippen molar-refractivity contribution in [3.05, 3.63) is 28.8 Å². The first kappa shape index (κ1) is 16.2. The van der Waals surface area contributed by atoms with Gasteiger partial charge in [0.15, 0.2) is 11.5 Å². The molecule has 0 saturated carbocycles. The molecule has 118 valence electrons. The minimum Gasteiger partial charge on any atom is -0.493 e. The first-order valence-electron chi connectivity index (χ1n) is 7.04. The van der Waals surface area contributed by atoms with Crippen LogP contribution in [0.1, 0.15) is 35.1 Å². The highest BCUT2D eigenvalue weighted by atomic mass is 32.1. The van der Waals surface area contributed by atoms with Gasteiger partial charge in [0, 0.05) is 6.42 Å². The summed E-state index contributed by atoms with van der Waals surface area (Å²) in [7, 11) is 3.03. The fourth-order valence-corrected chi connectivity index (χ4v) is 2.74. The zero-order valence-electron chi connectivity index (χ0n) is 12.9. The van der Waals surface area contributed by atoms with Crippen molar-refractivity contribution in [3.63, 3.8) is 0 Å². The SMILES string of the molecule is CCCCc1nnc(NC(=O)c2cccc(OC)c2OC)s1. The van der Waals surface area contributed by atoms with Gasteiger partial charge < -0.3 is 9.47 Å². The number of nitrogens with one attached hydrogen (secondary N) is 1. The van der Waals surface area contributed by atoms with Gasteiger partial charge in [-0.25, -0.2) is 0 Å². The Morgan fingerprint density at radius 2 is 2.09 bits per heavy atom. The zero-order valence-corrected chi connectivity index (χ0v) is 13.7. The van der Waals surface area contributed by atoms with Gasteiger partial charge in [0.1, 0.15) is 5.01 Å². The lowest BCUT2D eigenvalue weighted by Crippen LogP contribution is -2.13. The number of nitrogens with zero attached hydrogens (tertiary/aromatic N) is 2. The molecule has 1 aromatic carbocycles. The fourth-order valence-electron chi connectivity index (χ4n) is 1.96. The third kappa shape index (κ3) is 3.73. The van der Waals surface area contributed by atoms with Gasteiger partial charge >= 0.3 is 0 Å². The molecule has 0 fully saturated rings. The number of anilines is 1. The number of ether oxygens (including phenoxy) is 2. The normalized spacial score (nSPS) is 10.3. The van der Waals surface area contributed by atoms with Crippen molar-refractivity contribution in [2.24, 2.45) is 0 Å². The molecule has 0 saturated heterocycles. The molecule has 0 unspecified atom stereocenters. The predicted octanol–water partition coefficient (Wildman–Crippen LogP) is 3.15. The molecule has 0 atom stereocenters. The monoisotopic (exact) mass is 321 g/mol. The first-order chi connectivity index (χ1) is 10.7. The summed E-state index contributed by atoms with van der Waals surface area (Å²) in [5.41, 5.74) is 0.396. The molecule has 7 heteroatoms. The van der Waals surface area contributed by atoms with Crippen LogP contribution in [0.2, 0.25) is 0 Å². The standard InChI is InChI=1S/C15H19N3O3S/c1-4-5-9-12-17-18-15(22-12)16-14(19)10-7-6-8-11(20-2)13(10)21-3/h6-8H,4-5,9H2,1-3H3,(H,16,18,19). The number of carbonyl (C=O) groups is 1. The second-order valence-corrected chi connectivity index (χ2v) is 5.66. The highest BCUT2D eigenvalue weighted by Crippen LogP contribution is 2.31. The molecular formula is C15H19N3O3S. The summed E-state index contributed by atoms with van der Waals surface area (Å²) in [6.07, 6.45) is 3.04. The quantitative estimate of drug-likeness (QED) is 0.848. The van der Waals surface area contributed by atoms with Gasteiger partial charge in [-0.1, -0.05) is 30.7 Å². The Balaban J connectivity index is 2.14. The summed E-state index contributed by atoms with van der Waals surface area (Å²) in [5, 5.41) is 12.2. The molecule has 1 aromatic heterocycles. The highest BCUT2D eigenvalue weighted by Gasteiger charge is 2.17. The van der Waals surface area contributed by atoms with E-state index >= 15 is 0 Å². The van der Waals surface area contributed by atoms with Crippen molar-refractivity contribution in [2.75, 3.05) is 19.5 Å². The molecule has 2 rings (SSSR count). The maximum Gasteiger partial charge on any atom is 0.261 e. The minimum atomic E-state index is -0.297. The van der Waals surface area contributed by atoms with Crippen molar-refractivity contribution in [1.29, 1.82) is 0 Å². The molecule has 0 spiro atoms. The third-order valence-corrected chi connectivity index (χ3v) is 3.98. The van der Waals surface area contributed by atoms with Crippen LogP contribution in [0.3, 0.4) is 0 Å². The number of hydrogen-bond donors (Lipinski definition) is 1. The lowest BCUT2D eigenvalue weighted by molar-refractivity contribution is 0.102. The molecule has 1 amide bonds. The van der Waals surface area contributed by atoms with E-state index in [2.05, 4.69) is 22.4 Å². The molecule has 2 aromatic rings. The average Bonchev–Trinajstić information content (AvgIpc) is 2.99. The zero-order chi connectivity index (χ0) is 15.9. The molecule has 0 radical (unpaired) electrons. The Labute approximate surface area is 133 Å². The van der Waals surface area contributed by atoms with Crippen molar-refractivity contribution < 1.29 is 14.3 Å². The van der Waals surface area contributed by atoms with E-state index in [1.165, 1.54) is 25.6 Å². The number of aromatic nitrogens is 2. The fraction of sp³-hybridized carbons (Fsp3) is 0.400. The number of unbranched alkanes of at least 4 members (excludes halogenated alkanes) is 1. The van der Waals surface area contributed by atoms with Crippen LogP contribution >= 0.6 is 11.3 Å². The van der Waals surface area contributed by atoms with E-state index in [0.29, 0.717) is 22.2 Å². The van der Waals surface area contributed by atoms with E-state index in [-0.39, 0.29) is 5.91 Å². The highest BCUT2D eigenvalue weighted by molar-refractivity contribution is 7.15. The summed E-state index contributed by atoms with van der Waals surface area (Å²) >= 11 is 1.39. The number of aryl methyl sites for hydroxylation is 1. The van der Waals surface area contributed by atoms with Crippen molar-refractivity contribution in [1.82, 2.24) is 10.2 Å². The smallest absolute Gasteiger partial charge is 0.261 e. The molecule has 22 heavy (non-hydrogen) atoms. The Kier molecular flexibility index (Phi) is 5.71. The summed E-state index contributed by atoms with van der Waals surface area (Å²) in [6.45, 7) is 2.12. The van der Waals surface area contributed by atoms with Crippen LogP contribution in [-0.2, 0) is 6.42 Å². The van der Waals surface area contributed by atoms with E-state index in [4.69, 9.17) is 9.47 Å². The van der Waals surface area contributed by atoms with Gasteiger partial charge in [0.05, 0.1) is 19.8 Å². The summed E-state index contributed by atoms with van der Waals surface area (Å²) in [5.74, 6) is 0.614. The molecular weight excluding hydrogens is 302 g/mol. The maximum atomic E-state index is 12.4. The predicted molar refractivity (Wildman–Crippen MR) is 86.0 cm³/mol. The van der Waals surface area contributed by atoms with Gasteiger partial charge in [0.2, 0.25) is 5.13 Å². The Morgan fingerprint density at radius 1 is 1.27 bits per heavy atom. The maximum absolute atomic E-state index is 12.4. The lowest BCUT2D eigenvalue weighted by Gasteiger charge is -2.11. The number of methoxy groups -OCH3 is 2.